The zero-order valence-electron chi connectivity index (χ0n) is 11.6. The van der Waals surface area contributed by atoms with Crippen LogP contribution >= 0.6 is 11.3 Å². The van der Waals surface area contributed by atoms with Gasteiger partial charge in [0.05, 0.1) is 5.69 Å². The number of carbonyl (C=O) groups is 1. The van der Waals surface area contributed by atoms with Crippen LogP contribution in [-0.4, -0.2) is 15.9 Å². The molecule has 0 aromatic carbocycles. The molecule has 0 aliphatic rings. The van der Waals surface area contributed by atoms with Crippen LogP contribution in [0.5, 0.6) is 0 Å². The Morgan fingerprint density at radius 2 is 2.19 bits per heavy atom. The van der Waals surface area contributed by atoms with Gasteiger partial charge in [-0.15, -0.1) is 11.3 Å². The van der Waals surface area contributed by atoms with Gasteiger partial charge in [0.1, 0.15) is 17.2 Å². The number of rotatable bonds is 3. The summed E-state index contributed by atoms with van der Waals surface area (Å²) in [6, 6.07) is 7.14. The van der Waals surface area contributed by atoms with Gasteiger partial charge in [-0.1, -0.05) is 6.07 Å². The highest BCUT2D eigenvalue weighted by Gasteiger charge is 2.13. The summed E-state index contributed by atoms with van der Waals surface area (Å²) in [5, 5.41) is 5.18. The molecule has 0 fully saturated rings. The van der Waals surface area contributed by atoms with Crippen molar-refractivity contribution in [3.63, 3.8) is 0 Å². The molecule has 0 radical (unpaired) electrons. The Morgan fingerprint density at radius 3 is 2.86 bits per heavy atom. The van der Waals surface area contributed by atoms with Crippen molar-refractivity contribution in [1.82, 2.24) is 9.97 Å². The maximum absolute atomic E-state index is 12.0. The van der Waals surface area contributed by atoms with Crippen molar-refractivity contribution < 1.29 is 9.21 Å². The van der Waals surface area contributed by atoms with Crippen LogP contribution < -0.4 is 5.32 Å². The second kappa shape index (κ2) is 5.49. The summed E-state index contributed by atoms with van der Waals surface area (Å²) in [5.41, 5.74) is 2.11. The summed E-state index contributed by atoms with van der Waals surface area (Å²) >= 11 is 1.37. The lowest BCUT2D eigenvalue weighted by atomic mass is 10.2. The molecule has 3 aromatic rings. The predicted molar refractivity (Wildman–Crippen MR) is 81.5 cm³/mol. The van der Waals surface area contributed by atoms with E-state index in [1.165, 1.54) is 11.3 Å². The Labute approximate surface area is 125 Å². The first-order valence-electron chi connectivity index (χ1n) is 6.39. The minimum absolute atomic E-state index is 0.267. The molecule has 1 N–H and O–H groups in total. The molecule has 0 aliphatic carbocycles. The standard InChI is InChI=1S/C15H13N3O2S/c1-9-7-11(10(2)20-9)13-8-21-15(17-13)18-14(19)12-5-3-4-6-16-12/h3-8H,1-2H3,(H,17,18,19). The largest absolute Gasteiger partial charge is 0.466 e. The summed E-state index contributed by atoms with van der Waals surface area (Å²) in [7, 11) is 0. The third kappa shape index (κ3) is 2.85. The number of anilines is 1. The molecule has 3 rings (SSSR count). The van der Waals surface area contributed by atoms with Gasteiger partial charge in [-0.25, -0.2) is 4.98 Å². The van der Waals surface area contributed by atoms with Crippen LogP contribution in [0.4, 0.5) is 5.13 Å². The fraction of sp³-hybridized carbons (Fsp3) is 0.133. The van der Waals surface area contributed by atoms with Gasteiger partial charge < -0.3 is 4.42 Å². The Hall–Kier alpha value is -2.47. The van der Waals surface area contributed by atoms with Gasteiger partial charge in [0.25, 0.3) is 5.91 Å². The summed E-state index contributed by atoms with van der Waals surface area (Å²) < 4.78 is 5.50. The van der Waals surface area contributed by atoms with Gasteiger partial charge in [0.15, 0.2) is 5.13 Å². The van der Waals surface area contributed by atoms with Gasteiger partial charge in [-0.05, 0) is 32.0 Å². The maximum Gasteiger partial charge on any atom is 0.276 e. The molecule has 0 bridgehead atoms. The second-order valence-corrected chi connectivity index (χ2v) is 5.39. The summed E-state index contributed by atoms with van der Waals surface area (Å²) in [6.45, 7) is 3.79. The lowest BCUT2D eigenvalue weighted by Crippen LogP contribution is -2.13. The Balaban J connectivity index is 1.80. The summed E-state index contributed by atoms with van der Waals surface area (Å²) in [6.07, 6.45) is 1.58. The van der Waals surface area contributed by atoms with Crippen molar-refractivity contribution in [3.05, 3.63) is 53.1 Å². The maximum atomic E-state index is 12.0. The third-order valence-electron chi connectivity index (χ3n) is 2.94. The highest BCUT2D eigenvalue weighted by atomic mass is 32.1. The number of nitrogens with zero attached hydrogens (tertiary/aromatic N) is 2. The molecule has 3 aromatic heterocycles. The normalized spacial score (nSPS) is 10.6. The van der Waals surface area contributed by atoms with E-state index in [1.54, 1.807) is 24.4 Å². The molecule has 1 amide bonds. The first kappa shape index (κ1) is 13.5. The Kier molecular flexibility index (Phi) is 3.53. The quantitative estimate of drug-likeness (QED) is 0.801. The fourth-order valence-corrected chi connectivity index (χ4v) is 2.70. The number of thiazole rings is 1. The molecule has 0 unspecified atom stereocenters. The Bertz CT molecular complexity index is 777. The molecule has 0 saturated heterocycles. The van der Waals surface area contributed by atoms with E-state index in [0.717, 1.165) is 22.8 Å². The molecule has 5 nitrogen and oxygen atoms in total. The van der Waals surface area contributed by atoms with Gasteiger partial charge in [-0.2, -0.15) is 0 Å². The molecule has 0 saturated carbocycles. The number of pyridine rings is 1. The SMILES string of the molecule is Cc1cc(-c2csc(NC(=O)c3ccccn3)n2)c(C)o1. The van der Waals surface area contributed by atoms with Gasteiger partial charge in [0.2, 0.25) is 0 Å². The van der Waals surface area contributed by atoms with Gasteiger partial charge >= 0.3 is 0 Å². The van der Waals surface area contributed by atoms with E-state index in [9.17, 15) is 4.79 Å². The van der Waals surface area contributed by atoms with E-state index in [1.807, 2.05) is 25.3 Å². The number of hydrogen-bond donors (Lipinski definition) is 1. The monoisotopic (exact) mass is 299 g/mol. The molecule has 0 aliphatic heterocycles. The number of nitrogens with one attached hydrogen (secondary N) is 1. The number of hydrogen-bond acceptors (Lipinski definition) is 5. The van der Waals surface area contributed by atoms with Crippen molar-refractivity contribution in [1.29, 1.82) is 0 Å². The number of furan rings is 1. The molecular formula is C15H13N3O2S. The number of aryl methyl sites for hydroxylation is 2. The third-order valence-corrected chi connectivity index (χ3v) is 3.70. The molecule has 21 heavy (non-hydrogen) atoms. The van der Waals surface area contributed by atoms with Crippen molar-refractivity contribution in [2.45, 2.75) is 13.8 Å². The topological polar surface area (TPSA) is 68.0 Å². The number of amides is 1. The number of aromatic nitrogens is 2. The fourth-order valence-electron chi connectivity index (χ4n) is 2.00. The highest BCUT2D eigenvalue weighted by molar-refractivity contribution is 7.14. The Morgan fingerprint density at radius 1 is 1.33 bits per heavy atom. The molecule has 0 atom stereocenters. The lowest BCUT2D eigenvalue weighted by molar-refractivity contribution is 0.102. The molecule has 106 valence electrons. The van der Waals surface area contributed by atoms with E-state index >= 15 is 0 Å². The second-order valence-electron chi connectivity index (χ2n) is 4.53. The first-order chi connectivity index (χ1) is 10.1. The minimum atomic E-state index is -0.267. The average molecular weight is 299 g/mol. The molecule has 0 spiro atoms. The average Bonchev–Trinajstić information content (AvgIpc) is 3.06. The van der Waals surface area contributed by atoms with E-state index in [-0.39, 0.29) is 5.91 Å². The van der Waals surface area contributed by atoms with Crippen molar-refractivity contribution in [3.8, 4) is 11.3 Å². The van der Waals surface area contributed by atoms with E-state index < -0.39 is 0 Å². The van der Waals surface area contributed by atoms with Gasteiger partial charge in [0, 0.05) is 17.1 Å². The van der Waals surface area contributed by atoms with Crippen LogP contribution in [0.2, 0.25) is 0 Å². The zero-order valence-corrected chi connectivity index (χ0v) is 12.4. The van der Waals surface area contributed by atoms with Gasteiger partial charge in [-0.3, -0.25) is 15.1 Å². The van der Waals surface area contributed by atoms with Crippen LogP contribution in [0.25, 0.3) is 11.3 Å². The highest BCUT2D eigenvalue weighted by Crippen LogP contribution is 2.29. The van der Waals surface area contributed by atoms with Crippen LogP contribution in [0.1, 0.15) is 22.0 Å². The van der Waals surface area contributed by atoms with E-state index in [0.29, 0.717) is 10.8 Å². The number of carbonyl (C=O) groups excluding carboxylic acids is 1. The lowest BCUT2D eigenvalue weighted by Gasteiger charge is -1.99. The van der Waals surface area contributed by atoms with Crippen molar-refractivity contribution >= 4 is 22.4 Å². The smallest absolute Gasteiger partial charge is 0.276 e. The van der Waals surface area contributed by atoms with E-state index in [4.69, 9.17) is 4.42 Å². The molecule has 3 heterocycles. The van der Waals surface area contributed by atoms with Crippen LogP contribution in [0.15, 0.2) is 40.3 Å². The molecular weight excluding hydrogens is 286 g/mol. The zero-order chi connectivity index (χ0) is 14.8. The van der Waals surface area contributed by atoms with Crippen LogP contribution in [0.3, 0.4) is 0 Å². The van der Waals surface area contributed by atoms with Crippen LogP contribution in [0, 0.1) is 13.8 Å². The van der Waals surface area contributed by atoms with Crippen LogP contribution in [-0.2, 0) is 0 Å². The summed E-state index contributed by atoms with van der Waals surface area (Å²) in [4.78, 5) is 20.4. The first-order valence-corrected chi connectivity index (χ1v) is 7.27. The molecule has 6 heteroatoms. The predicted octanol–water partition coefficient (Wildman–Crippen LogP) is 3.67. The van der Waals surface area contributed by atoms with Crippen molar-refractivity contribution in [2.24, 2.45) is 0 Å². The van der Waals surface area contributed by atoms with E-state index in [2.05, 4.69) is 15.3 Å². The summed E-state index contributed by atoms with van der Waals surface area (Å²) in [5.74, 6) is 1.39. The minimum Gasteiger partial charge on any atom is -0.466 e. The van der Waals surface area contributed by atoms with Crippen molar-refractivity contribution in [2.75, 3.05) is 5.32 Å².